The normalized spacial score (nSPS) is 11.1. The van der Waals surface area contributed by atoms with Crippen molar-refractivity contribution in [3.8, 4) is 17.3 Å². The number of carbonyl (C=O) groups excluding carboxylic acids is 1. The second kappa shape index (κ2) is 7.15. The summed E-state index contributed by atoms with van der Waals surface area (Å²) in [5.41, 5.74) is 1.92. The molecule has 0 unspecified atom stereocenters. The standard InChI is InChI=1S/C20H20N6O2/c1-12(2)26-11-21-25-19(26)15-5-4-6-18(23-15)24-20(27)17-9-13-7-8-14(28-3)10-16(13)22-17/h4-12,22H,1-3H3,(H,23,24,27). The zero-order valence-electron chi connectivity index (χ0n) is 15.8. The highest BCUT2D eigenvalue weighted by atomic mass is 16.5. The van der Waals surface area contributed by atoms with Crippen LogP contribution < -0.4 is 10.1 Å². The Balaban J connectivity index is 1.59. The number of hydrogen-bond acceptors (Lipinski definition) is 5. The Kier molecular flexibility index (Phi) is 4.52. The number of anilines is 1. The van der Waals surface area contributed by atoms with Crippen molar-refractivity contribution in [3.63, 3.8) is 0 Å². The molecule has 8 heteroatoms. The predicted octanol–water partition coefficient (Wildman–Crippen LogP) is 3.66. The third-order valence-corrected chi connectivity index (χ3v) is 4.42. The van der Waals surface area contributed by atoms with E-state index in [2.05, 4.69) is 25.5 Å². The van der Waals surface area contributed by atoms with Crippen molar-refractivity contribution >= 4 is 22.6 Å². The number of aromatic amines is 1. The summed E-state index contributed by atoms with van der Waals surface area (Å²) < 4.78 is 7.15. The van der Waals surface area contributed by atoms with Gasteiger partial charge in [-0.05, 0) is 44.2 Å². The summed E-state index contributed by atoms with van der Waals surface area (Å²) in [5.74, 6) is 1.55. The fourth-order valence-electron chi connectivity index (χ4n) is 2.97. The van der Waals surface area contributed by atoms with Gasteiger partial charge in [0.1, 0.15) is 29.3 Å². The molecule has 3 heterocycles. The molecule has 0 fully saturated rings. The molecule has 4 aromatic rings. The Morgan fingerprint density at radius 1 is 1.21 bits per heavy atom. The van der Waals surface area contributed by atoms with Crippen molar-refractivity contribution in [1.29, 1.82) is 0 Å². The molecule has 1 amide bonds. The lowest BCUT2D eigenvalue weighted by molar-refractivity contribution is 0.102. The molecule has 0 bridgehead atoms. The summed E-state index contributed by atoms with van der Waals surface area (Å²) in [6, 6.07) is 13.0. The molecule has 3 aromatic heterocycles. The molecule has 2 N–H and O–H groups in total. The van der Waals surface area contributed by atoms with Gasteiger partial charge in [0.05, 0.1) is 7.11 Å². The van der Waals surface area contributed by atoms with Gasteiger partial charge in [0.15, 0.2) is 5.82 Å². The van der Waals surface area contributed by atoms with E-state index in [1.165, 1.54) is 0 Å². The average Bonchev–Trinajstić information content (AvgIpc) is 3.34. The Labute approximate surface area is 161 Å². The number of aromatic nitrogens is 5. The van der Waals surface area contributed by atoms with Gasteiger partial charge in [-0.15, -0.1) is 10.2 Å². The maximum atomic E-state index is 12.7. The van der Waals surface area contributed by atoms with Gasteiger partial charge in [-0.1, -0.05) is 6.07 Å². The number of methoxy groups -OCH3 is 1. The number of H-pyrrole nitrogens is 1. The molecule has 0 radical (unpaired) electrons. The van der Waals surface area contributed by atoms with Crippen LogP contribution in [-0.4, -0.2) is 37.7 Å². The first kappa shape index (κ1) is 17.7. The largest absolute Gasteiger partial charge is 0.497 e. The monoisotopic (exact) mass is 376 g/mol. The number of nitrogens with one attached hydrogen (secondary N) is 2. The molecule has 28 heavy (non-hydrogen) atoms. The molecule has 0 saturated heterocycles. The minimum Gasteiger partial charge on any atom is -0.497 e. The second-order valence-corrected chi connectivity index (χ2v) is 6.65. The lowest BCUT2D eigenvalue weighted by Crippen LogP contribution is -2.13. The van der Waals surface area contributed by atoms with Crippen LogP contribution in [0.1, 0.15) is 30.4 Å². The van der Waals surface area contributed by atoms with Crippen LogP contribution in [0.4, 0.5) is 5.82 Å². The van der Waals surface area contributed by atoms with Crippen LogP contribution in [0.15, 0.2) is 48.8 Å². The van der Waals surface area contributed by atoms with Crippen LogP contribution in [0.25, 0.3) is 22.4 Å². The third kappa shape index (κ3) is 3.32. The van der Waals surface area contributed by atoms with Crippen LogP contribution in [0.5, 0.6) is 5.75 Å². The van der Waals surface area contributed by atoms with Crippen LogP contribution in [-0.2, 0) is 0 Å². The van der Waals surface area contributed by atoms with Gasteiger partial charge in [-0.3, -0.25) is 4.79 Å². The molecule has 1 aromatic carbocycles. The maximum Gasteiger partial charge on any atom is 0.273 e. The van der Waals surface area contributed by atoms with Gasteiger partial charge in [0, 0.05) is 23.0 Å². The Hall–Kier alpha value is -3.68. The van der Waals surface area contributed by atoms with E-state index in [9.17, 15) is 4.79 Å². The molecule has 0 aliphatic rings. The van der Waals surface area contributed by atoms with Crippen LogP contribution in [0, 0.1) is 0 Å². The lowest BCUT2D eigenvalue weighted by atomic mass is 10.2. The number of ether oxygens (including phenoxy) is 1. The van der Waals surface area contributed by atoms with Gasteiger partial charge in [0.25, 0.3) is 5.91 Å². The molecule has 0 aliphatic heterocycles. The van der Waals surface area contributed by atoms with E-state index in [-0.39, 0.29) is 11.9 Å². The Morgan fingerprint density at radius 3 is 2.86 bits per heavy atom. The summed E-state index contributed by atoms with van der Waals surface area (Å²) in [7, 11) is 1.61. The molecule has 0 atom stereocenters. The van der Waals surface area contributed by atoms with Gasteiger partial charge in [0.2, 0.25) is 0 Å². The van der Waals surface area contributed by atoms with Gasteiger partial charge in [-0.2, -0.15) is 0 Å². The topological polar surface area (TPSA) is 97.7 Å². The molecule has 4 rings (SSSR count). The maximum absolute atomic E-state index is 12.7. The van der Waals surface area contributed by atoms with E-state index in [1.54, 1.807) is 25.6 Å². The van der Waals surface area contributed by atoms with Gasteiger partial charge < -0.3 is 19.6 Å². The zero-order chi connectivity index (χ0) is 19.7. The van der Waals surface area contributed by atoms with E-state index in [0.717, 1.165) is 16.7 Å². The summed E-state index contributed by atoms with van der Waals surface area (Å²) >= 11 is 0. The molecular weight excluding hydrogens is 356 g/mol. The summed E-state index contributed by atoms with van der Waals surface area (Å²) in [5, 5.41) is 11.9. The first-order chi connectivity index (χ1) is 13.5. The van der Waals surface area contributed by atoms with E-state index < -0.39 is 0 Å². The number of pyridine rings is 1. The second-order valence-electron chi connectivity index (χ2n) is 6.65. The van der Waals surface area contributed by atoms with Crippen molar-refractivity contribution in [1.82, 2.24) is 24.7 Å². The van der Waals surface area contributed by atoms with Crippen LogP contribution >= 0.6 is 0 Å². The number of nitrogens with zero attached hydrogens (tertiary/aromatic N) is 4. The summed E-state index contributed by atoms with van der Waals surface area (Å²) in [4.78, 5) is 20.3. The van der Waals surface area contributed by atoms with E-state index in [0.29, 0.717) is 23.0 Å². The first-order valence-electron chi connectivity index (χ1n) is 8.90. The average molecular weight is 376 g/mol. The summed E-state index contributed by atoms with van der Waals surface area (Å²) in [6.45, 7) is 4.09. The first-order valence-corrected chi connectivity index (χ1v) is 8.90. The van der Waals surface area contributed by atoms with Crippen LogP contribution in [0.2, 0.25) is 0 Å². The van der Waals surface area contributed by atoms with Crippen molar-refractivity contribution in [2.45, 2.75) is 19.9 Å². The third-order valence-electron chi connectivity index (χ3n) is 4.42. The Morgan fingerprint density at radius 2 is 2.07 bits per heavy atom. The van der Waals surface area contributed by atoms with Gasteiger partial charge in [-0.25, -0.2) is 4.98 Å². The molecule has 0 spiro atoms. The minimum atomic E-state index is -0.273. The minimum absolute atomic E-state index is 0.202. The number of hydrogen-bond donors (Lipinski definition) is 2. The highest BCUT2D eigenvalue weighted by Gasteiger charge is 2.14. The lowest BCUT2D eigenvalue weighted by Gasteiger charge is -2.10. The van der Waals surface area contributed by atoms with Crippen molar-refractivity contribution in [2.24, 2.45) is 0 Å². The van der Waals surface area contributed by atoms with Crippen molar-refractivity contribution in [2.75, 3.05) is 12.4 Å². The number of amides is 1. The predicted molar refractivity (Wildman–Crippen MR) is 106 cm³/mol. The highest BCUT2D eigenvalue weighted by Crippen LogP contribution is 2.23. The number of carbonyl (C=O) groups is 1. The Bertz CT molecular complexity index is 1140. The smallest absolute Gasteiger partial charge is 0.273 e. The molecular formula is C20H20N6O2. The number of benzene rings is 1. The van der Waals surface area contributed by atoms with E-state index >= 15 is 0 Å². The molecule has 0 saturated carbocycles. The summed E-state index contributed by atoms with van der Waals surface area (Å²) in [6.07, 6.45) is 1.67. The van der Waals surface area contributed by atoms with E-state index in [1.807, 2.05) is 48.7 Å². The molecule has 142 valence electrons. The fraction of sp³-hybridized carbons (Fsp3) is 0.200. The highest BCUT2D eigenvalue weighted by molar-refractivity contribution is 6.05. The van der Waals surface area contributed by atoms with Gasteiger partial charge >= 0.3 is 0 Å². The molecule has 0 aliphatic carbocycles. The quantitative estimate of drug-likeness (QED) is 0.554. The van der Waals surface area contributed by atoms with E-state index in [4.69, 9.17) is 4.74 Å². The van der Waals surface area contributed by atoms with Crippen molar-refractivity contribution in [3.05, 3.63) is 54.5 Å². The zero-order valence-corrected chi connectivity index (χ0v) is 15.8. The number of fused-ring (bicyclic) bond motifs is 1. The molecule has 8 nitrogen and oxygen atoms in total. The number of rotatable bonds is 5. The SMILES string of the molecule is COc1ccc2cc(C(=O)Nc3cccc(-c4nncn4C(C)C)n3)[nH]c2c1. The fourth-order valence-corrected chi connectivity index (χ4v) is 2.97. The van der Waals surface area contributed by atoms with Crippen molar-refractivity contribution < 1.29 is 9.53 Å². The van der Waals surface area contributed by atoms with Crippen LogP contribution in [0.3, 0.4) is 0 Å².